The van der Waals surface area contributed by atoms with Crippen LogP contribution in [-0.2, 0) is 0 Å². The molecule has 0 spiro atoms. The molecular weight excluding hydrogens is 342 g/mol. The molecule has 1 heterocycles. The summed E-state index contributed by atoms with van der Waals surface area (Å²) in [5.41, 5.74) is 7.79. The molecule has 1 aromatic carbocycles. The predicted molar refractivity (Wildman–Crippen MR) is 63.7 cm³/mol. The van der Waals surface area contributed by atoms with Gasteiger partial charge in [0.05, 0.1) is 0 Å². The van der Waals surface area contributed by atoms with E-state index in [1.165, 1.54) is 3.57 Å². The van der Waals surface area contributed by atoms with Crippen LogP contribution in [0.2, 0.25) is 0 Å². The molecule has 2 nitrogen and oxygen atoms in total. The molecular formula is C9H7IN2Se. The maximum absolute atomic E-state index is 5.62. The quantitative estimate of drug-likeness (QED) is 0.632. The Balaban J connectivity index is 2.41. The van der Waals surface area contributed by atoms with Crippen LogP contribution in [0, 0.1) is 3.57 Å². The van der Waals surface area contributed by atoms with Crippen LogP contribution in [0.15, 0.2) is 29.2 Å². The molecule has 2 N–H and O–H groups in total. The summed E-state index contributed by atoms with van der Waals surface area (Å²) in [6, 6.07) is 8.30. The second kappa shape index (κ2) is 3.82. The number of aromatic nitrogens is 1. The summed E-state index contributed by atoms with van der Waals surface area (Å²) in [5.74, 6) is 0. The molecule has 0 saturated carbocycles. The molecule has 13 heavy (non-hydrogen) atoms. The zero-order valence-corrected chi connectivity index (χ0v) is 10.6. The average Bonchev–Trinajstić information content (AvgIpc) is 2.53. The zero-order valence-electron chi connectivity index (χ0n) is 6.70. The summed E-state index contributed by atoms with van der Waals surface area (Å²) in [6.07, 6.45) is 0. The van der Waals surface area contributed by atoms with E-state index in [1.807, 2.05) is 0 Å². The number of hydrogen-bond donors (Lipinski definition) is 1. The van der Waals surface area contributed by atoms with Gasteiger partial charge in [-0.05, 0) is 0 Å². The second-order valence-corrected chi connectivity index (χ2v) is 5.69. The monoisotopic (exact) mass is 350 g/mol. The Morgan fingerprint density at radius 2 is 1.92 bits per heavy atom. The first-order valence-corrected chi connectivity index (χ1v) is 6.65. The fraction of sp³-hybridized carbons (Fsp3) is 0. The van der Waals surface area contributed by atoms with Gasteiger partial charge >= 0.3 is 96.5 Å². The van der Waals surface area contributed by atoms with Crippen LogP contribution in [0.1, 0.15) is 0 Å². The van der Waals surface area contributed by atoms with Gasteiger partial charge in [-0.1, -0.05) is 0 Å². The standard InChI is InChI=1S/C9H7IN2Se/c10-7-3-1-6(2-4-7)8-5-13-9(11)12-8/h1-5H,(H2,11,12). The fourth-order valence-corrected chi connectivity index (χ4v) is 2.60. The molecule has 0 aliphatic carbocycles. The van der Waals surface area contributed by atoms with Gasteiger partial charge in [0, 0.05) is 0 Å². The minimum absolute atomic E-state index is 0.262. The number of benzene rings is 1. The number of nitrogens with zero attached hydrogens (tertiary/aromatic N) is 1. The van der Waals surface area contributed by atoms with E-state index in [0.717, 1.165) is 15.9 Å². The van der Waals surface area contributed by atoms with Gasteiger partial charge in [0.25, 0.3) is 0 Å². The predicted octanol–water partition coefficient (Wildman–Crippen LogP) is 1.99. The summed E-state index contributed by atoms with van der Waals surface area (Å²) >= 11 is 2.55. The Hall–Kier alpha value is -0.321. The number of nitrogen functional groups attached to an aromatic ring is 1. The van der Waals surface area contributed by atoms with Crippen molar-refractivity contribution in [3.05, 3.63) is 32.8 Å². The van der Waals surface area contributed by atoms with Crippen LogP contribution in [-0.4, -0.2) is 19.5 Å². The van der Waals surface area contributed by atoms with Gasteiger partial charge in [0.1, 0.15) is 0 Å². The van der Waals surface area contributed by atoms with Gasteiger partial charge in [-0.3, -0.25) is 0 Å². The third-order valence-electron chi connectivity index (χ3n) is 1.66. The maximum atomic E-state index is 5.62. The first-order chi connectivity index (χ1) is 6.25. The van der Waals surface area contributed by atoms with Crippen molar-refractivity contribution in [3.63, 3.8) is 0 Å². The zero-order chi connectivity index (χ0) is 9.26. The van der Waals surface area contributed by atoms with E-state index >= 15 is 0 Å². The first-order valence-electron chi connectivity index (χ1n) is 3.72. The minimum atomic E-state index is 0.262. The number of anilines is 1. The van der Waals surface area contributed by atoms with Crippen molar-refractivity contribution in [1.29, 1.82) is 0 Å². The van der Waals surface area contributed by atoms with Crippen LogP contribution in [0.3, 0.4) is 0 Å². The molecule has 4 heteroatoms. The number of hydrogen-bond acceptors (Lipinski definition) is 2. The van der Waals surface area contributed by atoms with Crippen molar-refractivity contribution in [3.8, 4) is 11.3 Å². The van der Waals surface area contributed by atoms with E-state index in [1.54, 1.807) is 0 Å². The van der Waals surface area contributed by atoms with E-state index in [4.69, 9.17) is 5.73 Å². The molecule has 0 radical (unpaired) electrons. The molecule has 0 saturated heterocycles. The Labute approximate surface area is 96.1 Å². The van der Waals surface area contributed by atoms with E-state index in [9.17, 15) is 0 Å². The van der Waals surface area contributed by atoms with Gasteiger partial charge in [-0.2, -0.15) is 0 Å². The molecule has 1 aromatic heterocycles. The van der Waals surface area contributed by atoms with Crippen molar-refractivity contribution in [2.45, 2.75) is 0 Å². The average molecular weight is 349 g/mol. The Kier molecular flexibility index (Phi) is 2.71. The summed E-state index contributed by atoms with van der Waals surface area (Å²) in [5, 5.41) is 0. The van der Waals surface area contributed by atoms with Crippen LogP contribution in [0.25, 0.3) is 11.3 Å². The van der Waals surface area contributed by atoms with Gasteiger partial charge in [0.15, 0.2) is 0 Å². The molecule has 66 valence electrons. The number of nitrogens with two attached hydrogens (primary N) is 1. The fourth-order valence-electron chi connectivity index (χ4n) is 1.04. The summed E-state index contributed by atoms with van der Waals surface area (Å²) in [7, 11) is 0. The van der Waals surface area contributed by atoms with Crippen molar-refractivity contribution < 1.29 is 0 Å². The Morgan fingerprint density at radius 1 is 1.23 bits per heavy atom. The number of halogens is 1. The van der Waals surface area contributed by atoms with Gasteiger partial charge in [-0.25, -0.2) is 0 Å². The third-order valence-corrected chi connectivity index (χ3v) is 3.79. The summed E-state index contributed by atoms with van der Waals surface area (Å²) in [4.78, 5) is 6.38. The third kappa shape index (κ3) is 2.13. The van der Waals surface area contributed by atoms with E-state index in [2.05, 4.69) is 56.8 Å². The molecule has 2 aromatic rings. The number of rotatable bonds is 1. The van der Waals surface area contributed by atoms with Crippen molar-refractivity contribution in [1.82, 2.24) is 4.98 Å². The van der Waals surface area contributed by atoms with Crippen molar-refractivity contribution in [2.75, 3.05) is 5.73 Å². The summed E-state index contributed by atoms with van der Waals surface area (Å²) in [6.45, 7) is 0. The normalized spacial score (nSPS) is 10.2. The van der Waals surface area contributed by atoms with Gasteiger partial charge in [-0.15, -0.1) is 0 Å². The van der Waals surface area contributed by atoms with Gasteiger partial charge < -0.3 is 0 Å². The molecule has 0 amide bonds. The van der Waals surface area contributed by atoms with Crippen LogP contribution < -0.4 is 5.73 Å². The Bertz CT molecular complexity index is 408. The first kappa shape index (κ1) is 9.24. The molecule has 0 aliphatic rings. The van der Waals surface area contributed by atoms with Crippen LogP contribution >= 0.6 is 22.6 Å². The van der Waals surface area contributed by atoms with E-state index in [0.29, 0.717) is 0 Å². The van der Waals surface area contributed by atoms with Gasteiger partial charge in [0.2, 0.25) is 0 Å². The van der Waals surface area contributed by atoms with E-state index < -0.39 is 0 Å². The van der Waals surface area contributed by atoms with Crippen LogP contribution in [0.5, 0.6) is 0 Å². The van der Waals surface area contributed by atoms with Crippen molar-refractivity contribution in [2.24, 2.45) is 0 Å². The topological polar surface area (TPSA) is 38.9 Å². The summed E-state index contributed by atoms with van der Waals surface area (Å²) < 4.78 is 2.00. The second-order valence-electron chi connectivity index (χ2n) is 2.58. The molecule has 2 rings (SSSR count). The van der Waals surface area contributed by atoms with Crippen molar-refractivity contribution >= 4 is 41.8 Å². The van der Waals surface area contributed by atoms with E-state index in [-0.39, 0.29) is 14.5 Å². The van der Waals surface area contributed by atoms with Crippen LogP contribution in [0.4, 0.5) is 4.69 Å². The molecule has 0 aliphatic heterocycles. The molecule has 0 atom stereocenters. The SMILES string of the molecule is Nc1nc(-c2ccc(I)cc2)c[se]1. The molecule has 0 fully saturated rings. The Morgan fingerprint density at radius 3 is 2.46 bits per heavy atom. The molecule has 0 bridgehead atoms. The molecule has 0 unspecified atom stereocenters.